The molecule has 0 aromatic heterocycles. The van der Waals surface area contributed by atoms with Crippen molar-refractivity contribution in [1.29, 1.82) is 0 Å². The van der Waals surface area contributed by atoms with Gasteiger partial charge in [-0.3, -0.25) is 15.0 Å². The number of carbonyl (C=O) groups excluding carboxylic acids is 2. The summed E-state index contributed by atoms with van der Waals surface area (Å²) >= 11 is 0. The van der Waals surface area contributed by atoms with Gasteiger partial charge in [0.2, 0.25) is 5.91 Å². The van der Waals surface area contributed by atoms with Crippen molar-refractivity contribution in [3.05, 3.63) is 35.9 Å². The summed E-state index contributed by atoms with van der Waals surface area (Å²) in [7, 11) is 0. The van der Waals surface area contributed by atoms with E-state index in [1.807, 2.05) is 32.0 Å². The first-order chi connectivity index (χ1) is 11.0. The molecule has 0 heterocycles. The Balaban J connectivity index is 2.06. The number of hydrogen-bond acceptors (Lipinski definition) is 3. The van der Waals surface area contributed by atoms with E-state index in [-0.39, 0.29) is 11.9 Å². The minimum Gasteiger partial charge on any atom is -0.338 e. The Kier molecular flexibility index (Phi) is 6.16. The van der Waals surface area contributed by atoms with Crippen LogP contribution in [0, 0.1) is 5.92 Å². The second-order valence-corrected chi connectivity index (χ2v) is 6.26. The zero-order valence-corrected chi connectivity index (χ0v) is 14.2. The van der Waals surface area contributed by atoms with Crippen LogP contribution >= 0.6 is 0 Å². The molecule has 1 saturated carbocycles. The first-order valence-electron chi connectivity index (χ1n) is 8.41. The minimum absolute atomic E-state index is 0.251. The van der Waals surface area contributed by atoms with Gasteiger partial charge in [-0.1, -0.05) is 30.3 Å². The highest BCUT2D eigenvalue weighted by molar-refractivity contribution is 5.96. The zero-order chi connectivity index (χ0) is 16.8. The SMILES string of the molecule is CCNC(=O)NC(=O)C(C)N(Cc1ccccc1)C(C)C1CC1. The van der Waals surface area contributed by atoms with Crippen LogP contribution in [-0.4, -0.2) is 35.5 Å². The molecular weight excluding hydrogens is 290 g/mol. The van der Waals surface area contributed by atoms with Gasteiger partial charge in [-0.2, -0.15) is 0 Å². The van der Waals surface area contributed by atoms with E-state index in [2.05, 4.69) is 34.6 Å². The number of urea groups is 1. The van der Waals surface area contributed by atoms with E-state index in [4.69, 9.17) is 0 Å². The van der Waals surface area contributed by atoms with Gasteiger partial charge in [-0.25, -0.2) is 4.79 Å². The fraction of sp³-hybridized carbons (Fsp3) is 0.556. The van der Waals surface area contributed by atoms with Gasteiger partial charge in [0.25, 0.3) is 0 Å². The molecule has 5 nitrogen and oxygen atoms in total. The van der Waals surface area contributed by atoms with Gasteiger partial charge in [0.15, 0.2) is 0 Å². The van der Waals surface area contributed by atoms with Crippen molar-refractivity contribution in [2.45, 2.75) is 52.2 Å². The van der Waals surface area contributed by atoms with Crippen LogP contribution in [0.3, 0.4) is 0 Å². The molecule has 0 saturated heterocycles. The number of amides is 3. The molecule has 0 spiro atoms. The Morgan fingerprint density at radius 1 is 1.22 bits per heavy atom. The third kappa shape index (κ3) is 5.06. The van der Waals surface area contributed by atoms with Gasteiger partial charge >= 0.3 is 6.03 Å². The quantitative estimate of drug-likeness (QED) is 0.812. The van der Waals surface area contributed by atoms with Gasteiger partial charge in [0.05, 0.1) is 6.04 Å². The fourth-order valence-corrected chi connectivity index (χ4v) is 2.85. The number of benzene rings is 1. The smallest absolute Gasteiger partial charge is 0.321 e. The van der Waals surface area contributed by atoms with Crippen molar-refractivity contribution in [2.24, 2.45) is 5.92 Å². The van der Waals surface area contributed by atoms with E-state index in [1.54, 1.807) is 0 Å². The second kappa shape index (κ2) is 8.11. The van der Waals surface area contributed by atoms with E-state index in [1.165, 1.54) is 18.4 Å². The maximum Gasteiger partial charge on any atom is 0.321 e. The summed E-state index contributed by atoms with van der Waals surface area (Å²) in [6.07, 6.45) is 2.44. The van der Waals surface area contributed by atoms with Crippen LogP contribution < -0.4 is 10.6 Å². The topological polar surface area (TPSA) is 61.4 Å². The predicted molar refractivity (Wildman–Crippen MR) is 90.8 cm³/mol. The number of nitrogens with one attached hydrogen (secondary N) is 2. The van der Waals surface area contributed by atoms with Crippen LogP contribution in [0.5, 0.6) is 0 Å². The zero-order valence-electron chi connectivity index (χ0n) is 14.2. The first kappa shape index (κ1) is 17.5. The molecule has 2 rings (SSSR count). The van der Waals surface area contributed by atoms with Gasteiger partial charge in [-0.05, 0) is 45.1 Å². The molecule has 1 aliphatic rings. The Labute approximate surface area is 138 Å². The molecule has 0 bridgehead atoms. The van der Waals surface area contributed by atoms with Crippen LogP contribution in [0.4, 0.5) is 4.79 Å². The lowest BCUT2D eigenvalue weighted by Gasteiger charge is -2.34. The summed E-state index contributed by atoms with van der Waals surface area (Å²) in [5.74, 6) is 0.401. The van der Waals surface area contributed by atoms with E-state index < -0.39 is 6.03 Å². The van der Waals surface area contributed by atoms with Crippen LogP contribution in [0.25, 0.3) is 0 Å². The number of nitrogens with zero attached hydrogens (tertiary/aromatic N) is 1. The van der Waals surface area contributed by atoms with E-state index in [0.29, 0.717) is 25.0 Å². The average molecular weight is 317 g/mol. The van der Waals surface area contributed by atoms with Crippen LogP contribution in [0.15, 0.2) is 30.3 Å². The predicted octanol–water partition coefficient (Wildman–Crippen LogP) is 2.52. The molecule has 126 valence electrons. The normalized spacial score (nSPS) is 16.7. The van der Waals surface area contributed by atoms with Gasteiger partial charge in [-0.15, -0.1) is 0 Å². The molecule has 1 aromatic carbocycles. The average Bonchev–Trinajstić information content (AvgIpc) is 3.37. The first-order valence-corrected chi connectivity index (χ1v) is 8.41. The maximum absolute atomic E-state index is 12.4. The van der Waals surface area contributed by atoms with Gasteiger partial charge in [0.1, 0.15) is 0 Å². The third-order valence-corrected chi connectivity index (χ3v) is 4.49. The third-order valence-electron chi connectivity index (χ3n) is 4.49. The summed E-state index contributed by atoms with van der Waals surface area (Å²) in [6.45, 7) is 7.08. The second-order valence-electron chi connectivity index (χ2n) is 6.26. The standard InChI is InChI=1S/C18H27N3O2/c1-4-19-18(23)20-17(22)14(3)21(13(2)16-10-11-16)12-15-8-6-5-7-9-15/h5-9,13-14,16H,4,10-12H2,1-3H3,(H2,19,20,22,23). The molecule has 2 atom stereocenters. The monoisotopic (exact) mass is 317 g/mol. The molecule has 2 unspecified atom stereocenters. The molecular formula is C18H27N3O2. The number of carbonyl (C=O) groups is 2. The van der Waals surface area contributed by atoms with Crippen molar-refractivity contribution in [1.82, 2.24) is 15.5 Å². The summed E-state index contributed by atoms with van der Waals surface area (Å²) in [4.78, 5) is 26.2. The van der Waals surface area contributed by atoms with Gasteiger partial charge in [0, 0.05) is 19.1 Å². The van der Waals surface area contributed by atoms with E-state index in [0.717, 1.165) is 0 Å². The van der Waals surface area contributed by atoms with Crippen molar-refractivity contribution in [2.75, 3.05) is 6.54 Å². The maximum atomic E-state index is 12.4. The molecule has 0 aliphatic heterocycles. The summed E-state index contributed by atoms with van der Waals surface area (Å²) < 4.78 is 0. The lowest BCUT2D eigenvalue weighted by atomic mass is 10.1. The van der Waals surface area contributed by atoms with Crippen LogP contribution in [0.2, 0.25) is 0 Å². The summed E-state index contributed by atoms with van der Waals surface area (Å²) in [5, 5.41) is 5.03. The van der Waals surface area contributed by atoms with Crippen molar-refractivity contribution >= 4 is 11.9 Å². The fourth-order valence-electron chi connectivity index (χ4n) is 2.85. The molecule has 2 N–H and O–H groups in total. The molecule has 3 amide bonds. The highest BCUT2D eigenvalue weighted by atomic mass is 16.2. The van der Waals surface area contributed by atoms with Crippen LogP contribution in [-0.2, 0) is 11.3 Å². The van der Waals surface area contributed by atoms with Crippen molar-refractivity contribution in [3.63, 3.8) is 0 Å². The van der Waals surface area contributed by atoms with E-state index >= 15 is 0 Å². The summed E-state index contributed by atoms with van der Waals surface area (Å²) in [5.41, 5.74) is 1.18. The van der Waals surface area contributed by atoms with Gasteiger partial charge < -0.3 is 5.32 Å². The molecule has 1 aromatic rings. The highest BCUT2D eigenvalue weighted by Crippen LogP contribution is 2.36. The Morgan fingerprint density at radius 3 is 2.43 bits per heavy atom. The lowest BCUT2D eigenvalue weighted by Crippen LogP contribution is -2.52. The minimum atomic E-state index is -0.428. The lowest BCUT2D eigenvalue weighted by molar-refractivity contribution is -0.126. The molecule has 1 fully saturated rings. The highest BCUT2D eigenvalue weighted by Gasteiger charge is 2.36. The van der Waals surface area contributed by atoms with E-state index in [9.17, 15) is 9.59 Å². The molecule has 23 heavy (non-hydrogen) atoms. The molecule has 1 aliphatic carbocycles. The number of hydrogen-bond donors (Lipinski definition) is 2. The van der Waals surface area contributed by atoms with Crippen molar-refractivity contribution < 1.29 is 9.59 Å². The molecule has 0 radical (unpaired) electrons. The molecule has 5 heteroatoms. The Morgan fingerprint density at radius 2 is 1.87 bits per heavy atom. The largest absolute Gasteiger partial charge is 0.338 e. The van der Waals surface area contributed by atoms with Crippen LogP contribution in [0.1, 0.15) is 39.2 Å². The summed E-state index contributed by atoms with van der Waals surface area (Å²) in [6, 6.07) is 9.69. The number of rotatable bonds is 7. The number of imide groups is 1. The Hall–Kier alpha value is -1.88. The van der Waals surface area contributed by atoms with Crippen molar-refractivity contribution in [3.8, 4) is 0 Å². The Bertz CT molecular complexity index is 528.